The fourth-order valence-electron chi connectivity index (χ4n) is 2.00. The second-order valence-corrected chi connectivity index (χ2v) is 4.46. The number of hydrogen-bond acceptors (Lipinski definition) is 3. The van der Waals surface area contributed by atoms with Crippen molar-refractivity contribution in [3.63, 3.8) is 0 Å². The Morgan fingerprint density at radius 3 is 2.80 bits per heavy atom. The third-order valence-electron chi connectivity index (χ3n) is 2.99. The summed E-state index contributed by atoms with van der Waals surface area (Å²) in [6.45, 7) is 6.25. The first-order chi connectivity index (χ1) is 7.16. The molecule has 2 unspecified atom stereocenters. The molecular weight excluding hydrogens is 188 g/mol. The molecule has 0 amide bonds. The summed E-state index contributed by atoms with van der Waals surface area (Å²) in [5.74, 6) is 0.779. The van der Waals surface area contributed by atoms with Crippen LogP contribution in [-0.4, -0.2) is 23.2 Å². The summed E-state index contributed by atoms with van der Waals surface area (Å²) in [7, 11) is 0. The van der Waals surface area contributed by atoms with E-state index in [2.05, 4.69) is 16.8 Å². The fraction of sp³-hybridized carbons (Fsp3) is 0.583. The molecule has 3 nitrogen and oxygen atoms in total. The van der Waals surface area contributed by atoms with Gasteiger partial charge in [-0.1, -0.05) is 6.92 Å². The third kappa shape index (κ3) is 2.29. The molecule has 2 rings (SSSR count). The SMILES string of the molecule is CC1CCN(c2ccc(C(C)O)nc2)C1. The van der Waals surface area contributed by atoms with Crippen LogP contribution in [0.15, 0.2) is 18.3 Å². The Morgan fingerprint density at radius 1 is 1.53 bits per heavy atom. The maximum Gasteiger partial charge on any atom is 0.0931 e. The zero-order valence-electron chi connectivity index (χ0n) is 9.35. The number of anilines is 1. The van der Waals surface area contributed by atoms with Gasteiger partial charge in [-0.05, 0) is 31.4 Å². The average molecular weight is 206 g/mol. The molecule has 0 spiro atoms. The van der Waals surface area contributed by atoms with Crippen molar-refractivity contribution in [2.24, 2.45) is 5.92 Å². The molecule has 1 fully saturated rings. The van der Waals surface area contributed by atoms with Crippen molar-refractivity contribution in [2.45, 2.75) is 26.4 Å². The molecule has 1 N–H and O–H groups in total. The lowest BCUT2D eigenvalue weighted by atomic mass is 10.2. The Morgan fingerprint density at radius 2 is 2.33 bits per heavy atom. The lowest BCUT2D eigenvalue weighted by Crippen LogP contribution is -2.19. The Kier molecular flexibility index (Phi) is 2.91. The van der Waals surface area contributed by atoms with Crippen LogP contribution in [-0.2, 0) is 0 Å². The Labute approximate surface area is 90.8 Å². The standard InChI is InChI=1S/C12H18N2O/c1-9-5-6-14(8-9)11-3-4-12(10(2)15)13-7-11/h3-4,7,9-10,15H,5-6,8H2,1-2H3. The second-order valence-electron chi connectivity index (χ2n) is 4.46. The minimum absolute atomic E-state index is 0.475. The van der Waals surface area contributed by atoms with E-state index in [-0.39, 0.29) is 0 Å². The van der Waals surface area contributed by atoms with Gasteiger partial charge in [0, 0.05) is 13.1 Å². The molecule has 2 heterocycles. The fourth-order valence-corrected chi connectivity index (χ4v) is 2.00. The quantitative estimate of drug-likeness (QED) is 0.803. The van der Waals surface area contributed by atoms with Gasteiger partial charge in [0.2, 0.25) is 0 Å². The molecule has 15 heavy (non-hydrogen) atoms. The third-order valence-corrected chi connectivity index (χ3v) is 2.99. The zero-order chi connectivity index (χ0) is 10.8. The van der Waals surface area contributed by atoms with Crippen molar-refractivity contribution in [3.05, 3.63) is 24.0 Å². The summed E-state index contributed by atoms with van der Waals surface area (Å²) in [5.41, 5.74) is 1.91. The summed E-state index contributed by atoms with van der Waals surface area (Å²) in [4.78, 5) is 6.61. The van der Waals surface area contributed by atoms with Gasteiger partial charge in [-0.25, -0.2) is 0 Å². The largest absolute Gasteiger partial charge is 0.387 e. The van der Waals surface area contributed by atoms with Gasteiger partial charge in [-0.15, -0.1) is 0 Å². The number of rotatable bonds is 2. The van der Waals surface area contributed by atoms with Gasteiger partial charge < -0.3 is 10.0 Å². The summed E-state index contributed by atoms with van der Waals surface area (Å²) in [6, 6.07) is 3.95. The van der Waals surface area contributed by atoms with E-state index in [0.717, 1.165) is 24.7 Å². The first kappa shape index (κ1) is 10.4. The highest BCUT2D eigenvalue weighted by atomic mass is 16.3. The van der Waals surface area contributed by atoms with E-state index in [1.807, 2.05) is 18.3 Å². The van der Waals surface area contributed by atoms with E-state index >= 15 is 0 Å². The van der Waals surface area contributed by atoms with Crippen LogP contribution >= 0.6 is 0 Å². The maximum absolute atomic E-state index is 9.35. The van der Waals surface area contributed by atoms with Crippen LogP contribution in [0.4, 0.5) is 5.69 Å². The van der Waals surface area contributed by atoms with Crippen LogP contribution in [0.2, 0.25) is 0 Å². The zero-order valence-corrected chi connectivity index (χ0v) is 9.35. The van der Waals surface area contributed by atoms with Gasteiger partial charge in [0.15, 0.2) is 0 Å². The Hall–Kier alpha value is -1.09. The summed E-state index contributed by atoms with van der Waals surface area (Å²) in [5, 5.41) is 9.35. The average Bonchev–Trinajstić information content (AvgIpc) is 2.65. The van der Waals surface area contributed by atoms with Gasteiger partial charge in [-0.2, -0.15) is 0 Å². The van der Waals surface area contributed by atoms with Crippen LogP contribution in [0.5, 0.6) is 0 Å². The minimum atomic E-state index is -0.475. The van der Waals surface area contributed by atoms with Crippen molar-refractivity contribution >= 4 is 5.69 Å². The lowest BCUT2D eigenvalue weighted by molar-refractivity contribution is 0.194. The molecule has 3 heteroatoms. The Bertz CT molecular complexity index is 321. The van der Waals surface area contributed by atoms with Gasteiger partial charge >= 0.3 is 0 Å². The van der Waals surface area contributed by atoms with E-state index in [1.54, 1.807) is 6.92 Å². The van der Waals surface area contributed by atoms with E-state index in [0.29, 0.717) is 0 Å². The number of hydrogen-bond donors (Lipinski definition) is 1. The summed E-state index contributed by atoms with van der Waals surface area (Å²) in [6.07, 6.45) is 2.65. The molecule has 1 aliphatic heterocycles. The molecule has 0 radical (unpaired) electrons. The highest BCUT2D eigenvalue weighted by Gasteiger charge is 2.19. The molecule has 2 atom stereocenters. The van der Waals surface area contributed by atoms with E-state index < -0.39 is 6.10 Å². The molecular formula is C12H18N2O. The molecule has 0 aliphatic carbocycles. The number of aliphatic hydroxyl groups is 1. The van der Waals surface area contributed by atoms with Crippen molar-refractivity contribution in [3.8, 4) is 0 Å². The van der Waals surface area contributed by atoms with Gasteiger partial charge in [-0.3, -0.25) is 4.98 Å². The van der Waals surface area contributed by atoms with Gasteiger partial charge in [0.05, 0.1) is 23.7 Å². The van der Waals surface area contributed by atoms with E-state index in [1.165, 1.54) is 12.1 Å². The predicted molar refractivity (Wildman–Crippen MR) is 60.9 cm³/mol. The molecule has 1 aromatic rings. The summed E-state index contributed by atoms with van der Waals surface area (Å²) < 4.78 is 0. The van der Waals surface area contributed by atoms with Crippen LogP contribution < -0.4 is 4.90 Å². The number of pyridine rings is 1. The highest BCUT2D eigenvalue weighted by molar-refractivity contribution is 5.45. The predicted octanol–water partition coefficient (Wildman–Crippen LogP) is 1.98. The van der Waals surface area contributed by atoms with Crippen LogP contribution in [0, 0.1) is 5.92 Å². The van der Waals surface area contributed by atoms with Gasteiger partial charge in [0.1, 0.15) is 0 Å². The number of aromatic nitrogens is 1. The highest BCUT2D eigenvalue weighted by Crippen LogP contribution is 2.23. The minimum Gasteiger partial charge on any atom is -0.387 e. The maximum atomic E-state index is 9.35. The molecule has 1 saturated heterocycles. The molecule has 1 aliphatic rings. The lowest BCUT2D eigenvalue weighted by Gasteiger charge is -2.18. The number of nitrogens with zero attached hydrogens (tertiary/aromatic N) is 2. The summed E-state index contributed by atoms with van der Waals surface area (Å²) >= 11 is 0. The van der Waals surface area contributed by atoms with Crippen molar-refractivity contribution in [1.82, 2.24) is 4.98 Å². The van der Waals surface area contributed by atoms with Crippen molar-refractivity contribution in [2.75, 3.05) is 18.0 Å². The number of aliphatic hydroxyl groups excluding tert-OH is 1. The van der Waals surface area contributed by atoms with Crippen molar-refractivity contribution < 1.29 is 5.11 Å². The first-order valence-electron chi connectivity index (χ1n) is 5.56. The molecule has 82 valence electrons. The monoisotopic (exact) mass is 206 g/mol. The first-order valence-corrected chi connectivity index (χ1v) is 5.56. The second kappa shape index (κ2) is 4.19. The van der Waals surface area contributed by atoms with Crippen LogP contribution in [0.25, 0.3) is 0 Å². The van der Waals surface area contributed by atoms with Crippen LogP contribution in [0.1, 0.15) is 32.1 Å². The molecule has 0 bridgehead atoms. The molecule has 0 aromatic carbocycles. The van der Waals surface area contributed by atoms with E-state index in [9.17, 15) is 5.11 Å². The molecule has 0 saturated carbocycles. The molecule has 1 aromatic heterocycles. The topological polar surface area (TPSA) is 36.4 Å². The van der Waals surface area contributed by atoms with Crippen LogP contribution in [0.3, 0.4) is 0 Å². The normalized spacial score (nSPS) is 23.1. The van der Waals surface area contributed by atoms with Gasteiger partial charge in [0.25, 0.3) is 0 Å². The van der Waals surface area contributed by atoms with Crippen molar-refractivity contribution in [1.29, 1.82) is 0 Å². The Balaban J connectivity index is 2.10. The van der Waals surface area contributed by atoms with E-state index in [4.69, 9.17) is 0 Å². The smallest absolute Gasteiger partial charge is 0.0931 e.